The highest BCUT2D eigenvalue weighted by Crippen LogP contribution is 2.26. The van der Waals surface area contributed by atoms with Crippen molar-refractivity contribution in [1.82, 2.24) is 5.43 Å². The molecule has 1 aromatic rings. The smallest absolute Gasteiger partial charge is 0.275 e. The molecule has 4 nitrogen and oxygen atoms in total. The first-order valence-corrected chi connectivity index (χ1v) is 7.82. The van der Waals surface area contributed by atoms with Crippen molar-refractivity contribution in [3.05, 3.63) is 28.8 Å². The van der Waals surface area contributed by atoms with Gasteiger partial charge in [-0.1, -0.05) is 31.4 Å². The Labute approximate surface area is 130 Å². The number of hydrazone groups is 1. The molecule has 1 fully saturated rings. The summed E-state index contributed by atoms with van der Waals surface area (Å²) in [6.45, 7) is 2.21. The summed E-state index contributed by atoms with van der Waals surface area (Å²) < 4.78 is 0. The van der Waals surface area contributed by atoms with Crippen LogP contribution in [0.2, 0.25) is 5.02 Å². The minimum Gasteiger partial charge on any atom is -0.507 e. The van der Waals surface area contributed by atoms with Crippen LogP contribution in [0, 0.1) is 5.92 Å². The third-order valence-corrected chi connectivity index (χ3v) is 4.13. The maximum atomic E-state index is 12.0. The molecule has 1 amide bonds. The first kappa shape index (κ1) is 15.8. The van der Waals surface area contributed by atoms with Crippen molar-refractivity contribution in [3.63, 3.8) is 0 Å². The quantitative estimate of drug-likeness (QED) is 0.822. The van der Waals surface area contributed by atoms with Crippen LogP contribution in [0.25, 0.3) is 0 Å². The summed E-state index contributed by atoms with van der Waals surface area (Å²) in [5.41, 5.74) is 3.74. The van der Waals surface area contributed by atoms with Gasteiger partial charge in [-0.05, 0) is 49.8 Å². The van der Waals surface area contributed by atoms with Crippen LogP contribution in [0.3, 0.4) is 0 Å². The Kier molecular flexibility index (Phi) is 5.62. The standard InChI is InChI=1S/C16H21ClN2O2/c1-2-3-11-4-7-13(8-5-11)18-19-16(21)14-9-6-12(17)10-15(14)20/h6,9-11,20H,2-5,7-8H2,1H3,(H,19,21). The molecule has 2 N–H and O–H groups in total. The highest BCUT2D eigenvalue weighted by molar-refractivity contribution is 6.30. The van der Waals surface area contributed by atoms with Gasteiger partial charge in [0, 0.05) is 10.7 Å². The van der Waals surface area contributed by atoms with Gasteiger partial charge in [-0.25, -0.2) is 5.43 Å². The van der Waals surface area contributed by atoms with Crippen LogP contribution in [-0.2, 0) is 0 Å². The SMILES string of the molecule is CCCC1CCC(=NNC(=O)c2ccc(Cl)cc2O)CC1. The Balaban J connectivity index is 1.90. The van der Waals surface area contributed by atoms with Gasteiger partial charge in [0.15, 0.2) is 0 Å². The average molecular weight is 309 g/mol. The number of phenolic OH excluding ortho intramolecular Hbond substituents is 1. The largest absolute Gasteiger partial charge is 0.507 e. The lowest BCUT2D eigenvalue weighted by molar-refractivity contribution is 0.0952. The van der Waals surface area contributed by atoms with Gasteiger partial charge in [0.1, 0.15) is 5.75 Å². The minimum atomic E-state index is -0.410. The number of benzene rings is 1. The maximum absolute atomic E-state index is 12.0. The molecule has 5 heteroatoms. The molecule has 0 bridgehead atoms. The molecule has 0 heterocycles. The predicted molar refractivity (Wildman–Crippen MR) is 84.9 cm³/mol. The van der Waals surface area contributed by atoms with Crippen LogP contribution in [0.4, 0.5) is 0 Å². The molecule has 0 aliphatic heterocycles. The molecular weight excluding hydrogens is 288 g/mol. The molecule has 114 valence electrons. The summed E-state index contributed by atoms with van der Waals surface area (Å²) >= 11 is 5.74. The van der Waals surface area contributed by atoms with Crippen LogP contribution in [0.5, 0.6) is 5.75 Å². The minimum absolute atomic E-state index is 0.133. The summed E-state index contributed by atoms with van der Waals surface area (Å²) in [5, 5.41) is 14.3. The molecule has 1 aromatic carbocycles. The molecule has 0 unspecified atom stereocenters. The number of hydrogen-bond acceptors (Lipinski definition) is 3. The van der Waals surface area contributed by atoms with E-state index in [0.717, 1.165) is 37.3 Å². The number of nitrogens with zero attached hydrogens (tertiary/aromatic N) is 1. The zero-order valence-corrected chi connectivity index (χ0v) is 13.0. The van der Waals surface area contributed by atoms with Crippen LogP contribution >= 0.6 is 11.6 Å². The Hall–Kier alpha value is -1.55. The first-order valence-electron chi connectivity index (χ1n) is 7.44. The van der Waals surface area contributed by atoms with Crippen molar-refractivity contribution in [2.24, 2.45) is 11.0 Å². The Morgan fingerprint density at radius 1 is 1.43 bits per heavy atom. The van der Waals surface area contributed by atoms with Crippen LogP contribution < -0.4 is 5.43 Å². The summed E-state index contributed by atoms with van der Waals surface area (Å²) in [6.07, 6.45) is 6.68. The second-order valence-corrected chi connectivity index (χ2v) is 5.95. The maximum Gasteiger partial charge on any atom is 0.275 e. The number of nitrogens with one attached hydrogen (secondary N) is 1. The number of hydrogen-bond donors (Lipinski definition) is 2. The summed E-state index contributed by atoms with van der Waals surface area (Å²) in [4.78, 5) is 12.0. The highest BCUT2D eigenvalue weighted by atomic mass is 35.5. The molecule has 0 atom stereocenters. The van der Waals surface area contributed by atoms with Gasteiger partial charge in [-0.2, -0.15) is 5.10 Å². The van der Waals surface area contributed by atoms with E-state index in [9.17, 15) is 9.90 Å². The molecule has 1 aliphatic carbocycles. The van der Waals surface area contributed by atoms with Crippen molar-refractivity contribution in [3.8, 4) is 5.75 Å². The van der Waals surface area contributed by atoms with Crippen LogP contribution in [0.1, 0.15) is 55.8 Å². The predicted octanol–water partition coefficient (Wildman–Crippen LogP) is 4.12. The third kappa shape index (κ3) is 4.46. The van der Waals surface area contributed by atoms with E-state index < -0.39 is 5.91 Å². The van der Waals surface area contributed by atoms with Crippen molar-refractivity contribution in [1.29, 1.82) is 0 Å². The molecule has 0 spiro atoms. The zero-order chi connectivity index (χ0) is 15.2. The molecule has 1 aliphatic rings. The molecular formula is C16H21ClN2O2. The van der Waals surface area contributed by atoms with Crippen molar-refractivity contribution in [2.75, 3.05) is 0 Å². The van der Waals surface area contributed by atoms with E-state index in [4.69, 9.17) is 11.6 Å². The number of aromatic hydroxyl groups is 1. The fourth-order valence-electron chi connectivity index (χ4n) is 2.71. The van der Waals surface area contributed by atoms with Gasteiger partial charge in [0.05, 0.1) is 5.56 Å². The van der Waals surface area contributed by atoms with Crippen LogP contribution in [0.15, 0.2) is 23.3 Å². The van der Waals surface area contributed by atoms with Crippen molar-refractivity contribution >= 4 is 23.2 Å². The second-order valence-electron chi connectivity index (χ2n) is 5.51. The van der Waals surface area contributed by atoms with Gasteiger partial charge < -0.3 is 5.11 Å². The lowest BCUT2D eigenvalue weighted by Gasteiger charge is -2.22. The topological polar surface area (TPSA) is 61.7 Å². The zero-order valence-electron chi connectivity index (χ0n) is 12.2. The van der Waals surface area contributed by atoms with Gasteiger partial charge in [0.25, 0.3) is 5.91 Å². The van der Waals surface area contributed by atoms with Crippen LogP contribution in [-0.4, -0.2) is 16.7 Å². The lowest BCUT2D eigenvalue weighted by atomic mass is 9.85. The Bertz CT molecular complexity index is 533. The van der Waals surface area contributed by atoms with Gasteiger partial charge in [0.2, 0.25) is 0 Å². The number of phenols is 1. The molecule has 0 radical (unpaired) electrons. The van der Waals surface area contributed by atoms with E-state index in [1.54, 1.807) is 6.07 Å². The molecule has 21 heavy (non-hydrogen) atoms. The molecule has 0 aromatic heterocycles. The Morgan fingerprint density at radius 3 is 2.76 bits per heavy atom. The summed E-state index contributed by atoms with van der Waals surface area (Å²) in [5.74, 6) is 0.254. The van der Waals surface area contributed by atoms with E-state index in [2.05, 4.69) is 17.5 Å². The van der Waals surface area contributed by atoms with Crippen molar-refractivity contribution < 1.29 is 9.90 Å². The van der Waals surface area contributed by atoms with E-state index >= 15 is 0 Å². The molecule has 2 rings (SSSR count). The highest BCUT2D eigenvalue weighted by Gasteiger charge is 2.17. The molecule has 1 saturated carbocycles. The van der Waals surface area contributed by atoms with E-state index in [0.29, 0.717) is 5.02 Å². The number of carbonyl (C=O) groups excluding carboxylic acids is 1. The number of amides is 1. The number of carbonyl (C=O) groups is 1. The van der Waals surface area contributed by atoms with Gasteiger partial charge in [-0.3, -0.25) is 4.79 Å². The number of rotatable bonds is 4. The fourth-order valence-corrected chi connectivity index (χ4v) is 2.87. The normalized spacial score (nSPS) is 18.4. The Morgan fingerprint density at radius 2 is 2.14 bits per heavy atom. The average Bonchev–Trinajstić information content (AvgIpc) is 2.46. The van der Waals surface area contributed by atoms with E-state index in [-0.39, 0.29) is 11.3 Å². The monoisotopic (exact) mass is 308 g/mol. The lowest BCUT2D eigenvalue weighted by Crippen LogP contribution is -2.22. The number of halogens is 1. The summed E-state index contributed by atoms with van der Waals surface area (Å²) in [6, 6.07) is 4.41. The van der Waals surface area contributed by atoms with E-state index in [1.807, 2.05) is 0 Å². The fraction of sp³-hybridized carbons (Fsp3) is 0.500. The van der Waals surface area contributed by atoms with E-state index in [1.165, 1.54) is 25.0 Å². The molecule has 0 saturated heterocycles. The summed E-state index contributed by atoms with van der Waals surface area (Å²) in [7, 11) is 0. The first-order chi connectivity index (χ1) is 10.1. The third-order valence-electron chi connectivity index (χ3n) is 3.90. The van der Waals surface area contributed by atoms with Gasteiger partial charge >= 0.3 is 0 Å². The second kappa shape index (κ2) is 7.46. The van der Waals surface area contributed by atoms with Crippen molar-refractivity contribution in [2.45, 2.75) is 45.4 Å². The van der Waals surface area contributed by atoms with Gasteiger partial charge in [-0.15, -0.1) is 0 Å².